The molecular weight excluding hydrogens is 426 g/mol. The molecule has 1 atom stereocenters. The number of anilines is 1. The van der Waals surface area contributed by atoms with E-state index in [0.717, 1.165) is 41.4 Å². The van der Waals surface area contributed by atoms with E-state index in [4.69, 9.17) is 20.2 Å². The molecule has 5 rings (SSSR count). The number of nitrogen functional groups attached to an aromatic ring is 1. The van der Waals surface area contributed by atoms with Crippen molar-refractivity contribution in [1.82, 2.24) is 14.8 Å². The zero-order valence-electron chi connectivity index (χ0n) is 18.2. The van der Waals surface area contributed by atoms with E-state index in [2.05, 4.69) is 5.10 Å². The molecule has 0 aliphatic carbocycles. The summed E-state index contributed by atoms with van der Waals surface area (Å²) in [4.78, 5) is 4.71. The highest BCUT2D eigenvalue weighted by molar-refractivity contribution is 5.84. The van der Waals surface area contributed by atoms with Crippen molar-refractivity contribution in [3.8, 4) is 17.1 Å². The van der Waals surface area contributed by atoms with Crippen molar-refractivity contribution in [3.63, 3.8) is 0 Å². The van der Waals surface area contributed by atoms with Gasteiger partial charge < -0.3 is 15.2 Å². The average molecular weight is 450 g/mol. The van der Waals surface area contributed by atoms with Crippen molar-refractivity contribution in [3.05, 3.63) is 72.1 Å². The zero-order valence-corrected chi connectivity index (χ0v) is 18.2. The van der Waals surface area contributed by atoms with Crippen LogP contribution in [-0.4, -0.2) is 35.1 Å². The first-order valence-corrected chi connectivity index (χ1v) is 10.9. The molecule has 0 bridgehead atoms. The first-order valence-electron chi connectivity index (χ1n) is 10.9. The lowest BCUT2D eigenvalue weighted by atomic mass is 9.93. The average Bonchev–Trinajstić information content (AvgIpc) is 3.28. The van der Waals surface area contributed by atoms with Gasteiger partial charge >= 0.3 is 0 Å². The minimum absolute atomic E-state index is 0.180. The molecule has 1 aliphatic heterocycles. The van der Waals surface area contributed by atoms with Gasteiger partial charge in [-0.3, -0.25) is 0 Å². The van der Waals surface area contributed by atoms with Crippen molar-refractivity contribution in [1.29, 1.82) is 0 Å². The Morgan fingerprint density at radius 1 is 1.03 bits per heavy atom. The van der Waals surface area contributed by atoms with Crippen LogP contribution in [0.3, 0.4) is 0 Å². The normalized spacial score (nSPS) is 15.7. The van der Waals surface area contributed by atoms with E-state index in [1.165, 1.54) is 0 Å². The van der Waals surface area contributed by atoms with Gasteiger partial charge in [0, 0.05) is 25.9 Å². The van der Waals surface area contributed by atoms with Crippen LogP contribution in [0.4, 0.5) is 14.5 Å². The molecule has 1 unspecified atom stereocenters. The molecule has 6 nitrogen and oxygen atoms in total. The molecule has 1 saturated heterocycles. The van der Waals surface area contributed by atoms with Gasteiger partial charge in [-0.1, -0.05) is 30.3 Å². The van der Waals surface area contributed by atoms with Gasteiger partial charge in [0.2, 0.25) is 0 Å². The largest absolute Gasteiger partial charge is 0.394 e. The van der Waals surface area contributed by atoms with E-state index in [-0.39, 0.29) is 23.4 Å². The van der Waals surface area contributed by atoms with Gasteiger partial charge in [0.1, 0.15) is 23.4 Å². The van der Waals surface area contributed by atoms with Gasteiger partial charge in [0.05, 0.1) is 5.69 Å². The first kappa shape index (κ1) is 21.5. The Hall–Kier alpha value is -3.36. The Balaban J connectivity index is 1.66. The Bertz CT molecular complexity index is 1280. The molecule has 8 heteroatoms. The van der Waals surface area contributed by atoms with Crippen molar-refractivity contribution < 1.29 is 18.3 Å². The summed E-state index contributed by atoms with van der Waals surface area (Å²) in [6.07, 6.45) is 1.29. The second kappa shape index (κ2) is 8.88. The van der Waals surface area contributed by atoms with E-state index in [0.29, 0.717) is 19.0 Å². The maximum Gasteiger partial charge on any atom is 0.182 e. The highest BCUT2D eigenvalue weighted by atomic mass is 19.1. The SMILES string of the molecule is COC(c1nc(-c2cc(F)c(N)c(F)c2)nn1-c1ccc2ccccc2c1)C1CCOCC1. The molecule has 0 spiro atoms. The number of nitrogens with zero attached hydrogens (tertiary/aromatic N) is 3. The van der Waals surface area contributed by atoms with E-state index in [1.54, 1.807) is 11.8 Å². The number of aromatic nitrogens is 3. The van der Waals surface area contributed by atoms with Crippen LogP contribution < -0.4 is 5.73 Å². The smallest absolute Gasteiger partial charge is 0.182 e. The summed E-state index contributed by atoms with van der Waals surface area (Å²) in [5.74, 6) is -0.736. The van der Waals surface area contributed by atoms with Gasteiger partial charge in [0.25, 0.3) is 0 Å². The van der Waals surface area contributed by atoms with E-state index in [1.807, 2.05) is 42.5 Å². The van der Waals surface area contributed by atoms with Gasteiger partial charge in [-0.15, -0.1) is 5.10 Å². The monoisotopic (exact) mass is 450 g/mol. The summed E-state index contributed by atoms with van der Waals surface area (Å²) >= 11 is 0. The summed E-state index contributed by atoms with van der Waals surface area (Å²) in [6.45, 7) is 1.30. The van der Waals surface area contributed by atoms with Crippen LogP contribution in [0.15, 0.2) is 54.6 Å². The molecular formula is C25H24F2N4O2. The molecule has 0 amide bonds. The van der Waals surface area contributed by atoms with Crippen LogP contribution in [-0.2, 0) is 9.47 Å². The third-order valence-electron chi connectivity index (χ3n) is 6.15. The lowest BCUT2D eigenvalue weighted by molar-refractivity contribution is -0.0192. The Morgan fingerprint density at radius 3 is 2.42 bits per heavy atom. The summed E-state index contributed by atoms with van der Waals surface area (Å²) in [5.41, 5.74) is 5.92. The van der Waals surface area contributed by atoms with Gasteiger partial charge in [-0.25, -0.2) is 18.4 Å². The number of hydrogen-bond donors (Lipinski definition) is 1. The third-order valence-corrected chi connectivity index (χ3v) is 6.15. The van der Waals surface area contributed by atoms with Crippen LogP contribution in [0.5, 0.6) is 0 Å². The molecule has 2 heterocycles. The van der Waals surface area contributed by atoms with Crippen molar-refractivity contribution in [2.45, 2.75) is 18.9 Å². The number of hydrogen-bond acceptors (Lipinski definition) is 5. The number of benzene rings is 3. The predicted octanol–water partition coefficient (Wildman–Crippen LogP) is 5.06. The number of halogens is 2. The minimum atomic E-state index is -0.846. The lowest BCUT2D eigenvalue weighted by Crippen LogP contribution is -2.25. The zero-order chi connectivity index (χ0) is 22.9. The molecule has 0 saturated carbocycles. The Morgan fingerprint density at radius 2 is 1.73 bits per heavy atom. The maximum absolute atomic E-state index is 14.2. The summed E-state index contributed by atoms with van der Waals surface area (Å²) < 4.78 is 41.5. The minimum Gasteiger partial charge on any atom is -0.394 e. The fourth-order valence-electron chi connectivity index (χ4n) is 4.37. The maximum atomic E-state index is 14.2. The van der Waals surface area contributed by atoms with E-state index in [9.17, 15) is 8.78 Å². The highest BCUT2D eigenvalue weighted by Gasteiger charge is 2.31. The molecule has 2 N–H and O–H groups in total. The predicted molar refractivity (Wildman–Crippen MR) is 122 cm³/mol. The fraction of sp³-hybridized carbons (Fsp3) is 0.280. The number of nitrogens with two attached hydrogens (primary N) is 1. The molecule has 0 radical (unpaired) electrons. The number of fused-ring (bicyclic) bond motifs is 1. The van der Waals surface area contributed by atoms with Crippen LogP contribution in [0.2, 0.25) is 0 Å². The molecule has 1 fully saturated rings. The summed E-state index contributed by atoms with van der Waals surface area (Å²) in [5, 5.41) is 6.79. The second-order valence-electron chi connectivity index (χ2n) is 8.20. The second-order valence-corrected chi connectivity index (χ2v) is 8.20. The first-order chi connectivity index (χ1) is 16.0. The molecule has 3 aromatic carbocycles. The van der Waals surface area contributed by atoms with Crippen molar-refractivity contribution >= 4 is 16.5 Å². The summed E-state index contributed by atoms with van der Waals surface area (Å²) in [6, 6.07) is 16.3. The Kier molecular flexibility index (Phi) is 5.78. The topological polar surface area (TPSA) is 75.2 Å². The summed E-state index contributed by atoms with van der Waals surface area (Å²) in [7, 11) is 1.64. The van der Waals surface area contributed by atoms with Gasteiger partial charge in [-0.05, 0) is 53.8 Å². The van der Waals surface area contributed by atoms with Gasteiger partial charge in [0.15, 0.2) is 11.6 Å². The fourth-order valence-corrected chi connectivity index (χ4v) is 4.37. The van der Waals surface area contributed by atoms with Crippen LogP contribution >= 0.6 is 0 Å². The molecule has 1 aliphatic rings. The van der Waals surface area contributed by atoms with Crippen molar-refractivity contribution in [2.75, 3.05) is 26.1 Å². The van der Waals surface area contributed by atoms with Crippen LogP contribution in [0.25, 0.3) is 27.8 Å². The van der Waals surface area contributed by atoms with Crippen LogP contribution in [0, 0.1) is 17.6 Å². The Labute approximate surface area is 190 Å². The molecule has 33 heavy (non-hydrogen) atoms. The standard InChI is InChI=1S/C25H24F2N4O2/c1-32-23(16-8-10-33-11-9-16)25-29-24(18-13-20(26)22(28)21(27)14-18)30-31(25)19-7-6-15-4-2-3-5-17(15)12-19/h2-7,12-14,16,23H,8-11,28H2,1H3. The molecule has 170 valence electrons. The van der Waals surface area contributed by atoms with E-state index >= 15 is 0 Å². The van der Waals surface area contributed by atoms with Crippen LogP contribution in [0.1, 0.15) is 24.8 Å². The number of ether oxygens (including phenoxy) is 2. The number of rotatable bonds is 5. The number of methoxy groups -OCH3 is 1. The molecule has 4 aromatic rings. The molecule has 1 aromatic heterocycles. The quantitative estimate of drug-likeness (QED) is 0.430. The van der Waals surface area contributed by atoms with Crippen molar-refractivity contribution in [2.24, 2.45) is 5.92 Å². The lowest BCUT2D eigenvalue weighted by Gasteiger charge is -2.28. The van der Waals surface area contributed by atoms with E-state index < -0.39 is 17.3 Å². The third kappa shape index (κ3) is 4.07. The van der Waals surface area contributed by atoms with Gasteiger partial charge in [-0.2, -0.15) is 0 Å². The highest BCUT2D eigenvalue weighted by Crippen LogP contribution is 2.35.